The number of rotatable bonds is 8. The lowest BCUT2D eigenvalue weighted by Gasteiger charge is -2.09. The number of anilines is 1. The molecule has 0 saturated carbocycles. The van der Waals surface area contributed by atoms with Crippen LogP contribution in [0.4, 0.5) is 5.69 Å². The van der Waals surface area contributed by atoms with Crippen LogP contribution in [0.5, 0.6) is 0 Å². The number of carbonyl (C=O) groups is 1. The van der Waals surface area contributed by atoms with E-state index in [4.69, 9.17) is 5.73 Å². The van der Waals surface area contributed by atoms with E-state index in [-0.39, 0.29) is 18.0 Å². The molecule has 0 aromatic carbocycles. The second-order valence-corrected chi connectivity index (χ2v) is 7.86. The molecule has 0 aliphatic rings. The molecule has 11 nitrogen and oxygen atoms in total. The van der Waals surface area contributed by atoms with Gasteiger partial charge in [0, 0.05) is 25.7 Å². The van der Waals surface area contributed by atoms with Gasteiger partial charge in [-0.05, 0) is 28.4 Å². The number of carbonyl (C=O) groups excluding carboxylic acids is 1. The van der Waals surface area contributed by atoms with Crippen molar-refractivity contribution in [1.82, 2.24) is 39.4 Å². The minimum atomic E-state index is -0.314. The number of nitrogens with two attached hydrogens (primary N) is 1. The van der Waals surface area contributed by atoms with Gasteiger partial charge in [0.25, 0.3) is 11.5 Å². The molecule has 4 heterocycles. The number of nitrogens with one attached hydrogen (secondary N) is 2. The molecule has 0 aliphatic carbocycles. The zero-order chi connectivity index (χ0) is 22.0. The smallest absolute Gasteiger partial charge is 0.286 e. The van der Waals surface area contributed by atoms with Crippen LogP contribution in [-0.4, -0.2) is 46.6 Å². The second kappa shape index (κ2) is 8.84. The Hall–Kier alpha value is -3.28. The average Bonchev–Trinajstić information content (AvgIpc) is 3.35. The van der Waals surface area contributed by atoms with Gasteiger partial charge >= 0.3 is 0 Å². The summed E-state index contributed by atoms with van der Waals surface area (Å²) in [6.45, 7) is 3.06. The van der Waals surface area contributed by atoms with Crippen molar-refractivity contribution in [3.8, 4) is 0 Å². The number of aryl methyl sites for hydroxylation is 1. The summed E-state index contributed by atoms with van der Waals surface area (Å²) in [5.41, 5.74) is 7.09. The first-order valence-corrected chi connectivity index (χ1v) is 10.8. The first-order chi connectivity index (χ1) is 15.0. The van der Waals surface area contributed by atoms with Crippen molar-refractivity contribution in [2.45, 2.75) is 39.2 Å². The van der Waals surface area contributed by atoms with E-state index in [1.165, 1.54) is 16.8 Å². The maximum atomic E-state index is 13.1. The fraction of sp³-hybridized carbons (Fsp3) is 0.368. The number of fused-ring (bicyclic) bond motifs is 2. The van der Waals surface area contributed by atoms with Crippen molar-refractivity contribution in [3.63, 3.8) is 0 Å². The molecule has 31 heavy (non-hydrogen) atoms. The van der Waals surface area contributed by atoms with E-state index >= 15 is 0 Å². The monoisotopic (exact) mass is 487 g/mol. The molecule has 4 rings (SSSR count). The maximum Gasteiger partial charge on any atom is 0.286 e. The number of aromatic nitrogens is 7. The molecule has 4 aromatic heterocycles. The SMILES string of the molecule is CCCCCn1c2nc(Br)[nH]c2c(=O)n2c(CCNC(=O)c3ccncc3N)nnc12. The average molecular weight is 488 g/mol. The number of aromatic amines is 1. The summed E-state index contributed by atoms with van der Waals surface area (Å²) in [4.78, 5) is 36.7. The number of nitrogens with zero attached hydrogens (tertiary/aromatic N) is 6. The van der Waals surface area contributed by atoms with Gasteiger partial charge in [0.05, 0.1) is 17.4 Å². The van der Waals surface area contributed by atoms with Gasteiger partial charge < -0.3 is 16.0 Å². The van der Waals surface area contributed by atoms with Crippen LogP contribution in [0.3, 0.4) is 0 Å². The lowest BCUT2D eigenvalue weighted by molar-refractivity contribution is 0.0954. The van der Waals surface area contributed by atoms with Crippen LogP contribution in [0.25, 0.3) is 16.9 Å². The van der Waals surface area contributed by atoms with Gasteiger partial charge in [-0.2, -0.15) is 0 Å². The van der Waals surface area contributed by atoms with Gasteiger partial charge in [-0.3, -0.25) is 19.1 Å². The van der Waals surface area contributed by atoms with E-state index in [1.807, 2.05) is 4.57 Å². The Balaban J connectivity index is 1.62. The Labute approximate surface area is 185 Å². The minimum Gasteiger partial charge on any atom is -0.397 e. The van der Waals surface area contributed by atoms with Gasteiger partial charge in [-0.15, -0.1) is 10.2 Å². The van der Waals surface area contributed by atoms with Gasteiger partial charge in [0.15, 0.2) is 15.9 Å². The largest absolute Gasteiger partial charge is 0.397 e. The van der Waals surface area contributed by atoms with Crippen LogP contribution in [0.15, 0.2) is 28.0 Å². The van der Waals surface area contributed by atoms with E-state index in [0.29, 0.717) is 51.7 Å². The summed E-state index contributed by atoms with van der Waals surface area (Å²) in [5, 5.41) is 11.3. The number of unbranched alkanes of at least 4 members (excludes halogenated alkanes) is 2. The van der Waals surface area contributed by atoms with Crippen LogP contribution < -0.4 is 16.6 Å². The lowest BCUT2D eigenvalue weighted by atomic mass is 10.2. The number of amides is 1. The number of H-pyrrole nitrogens is 1. The molecule has 0 aliphatic heterocycles. The van der Waals surface area contributed by atoms with Gasteiger partial charge in [-0.1, -0.05) is 19.8 Å². The van der Waals surface area contributed by atoms with Crippen LogP contribution in [0, 0.1) is 0 Å². The van der Waals surface area contributed by atoms with Crippen molar-refractivity contribution < 1.29 is 4.79 Å². The number of nitrogen functional groups attached to an aromatic ring is 1. The minimum absolute atomic E-state index is 0.265. The quantitative estimate of drug-likeness (QED) is 0.252. The van der Waals surface area contributed by atoms with E-state index < -0.39 is 0 Å². The van der Waals surface area contributed by atoms with Crippen molar-refractivity contribution in [2.75, 3.05) is 12.3 Å². The van der Waals surface area contributed by atoms with Gasteiger partial charge in [0.1, 0.15) is 5.82 Å². The Morgan fingerprint density at radius 3 is 2.94 bits per heavy atom. The van der Waals surface area contributed by atoms with Crippen molar-refractivity contribution in [1.29, 1.82) is 0 Å². The number of halogens is 1. The third-order valence-corrected chi connectivity index (χ3v) is 5.37. The molecule has 162 valence electrons. The standard InChI is InChI=1S/C19H22BrN9O2/c1-2-3-4-9-28-15-14(24-18(20)25-15)17(31)29-13(26-27-19(28)29)6-8-23-16(30)11-5-7-22-10-12(11)21/h5,7,10H,2-4,6,8-9,21H2,1H3,(H,23,30)(H,24,25). The van der Waals surface area contributed by atoms with Gasteiger partial charge in [-0.25, -0.2) is 9.38 Å². The summed E-state index contributed by atoms with van der Waals surface area (Å²) in [5.74, 6) is 0.581. The van der Waals surface area contributed by atoms with E-state index in [1.54, 1.807) is 6.07 Å². The highest BCUT2D eigenvalue weighted by atomic mass is 79.9. The predicted molar refractivity (Wildman–Crippen MR) is 119 cm³/mol. The summed E-state index contributed by atoms with van der Waals surface area (Å²) >= 11 is 3.31. The normalized spacial score (nSPS) is 11.4. The van der Waals surface area contributed by atoms with E-state index in [9.17, 15) is 9.59 Å². The third kappa shape index (κ3) is 4.02. The Morgan fingerprint density at radius 2 is 2.16 bits per heavy atom. The number of pyridine rings is 1. The lowest BCUT2D eigenvalue weighted by Crippen LogP contribution is -2.28. The van der Waals surface area contributed by atoms with Crippen molar-refractivity contribution >= 4 is 44.5 Å². The molecule has 0 fully saturated rings. The van der Waals surface area contributed by atoms with E-state index in [0.717, 1.165) is 19.3 Å². The molecule has 4 aromatic rings. The summed E-state index contributed by atoms with van der Waals surface area (Å²) < 4.78 is 3.86. The maximum absolute atomic E-state index is 13.1. The molecule has 0 unspecified atom stereocenters. The number of hydrogen-bond donors (Lipinski definition) is 3. The molecule has 0 saturated heterocycles. The Bertz CT molecular complexity index is 1310. The van der Waals surface area contributed by atoms with Gasteiger partial charge in [0.2, 0.25) is 5.78 Å². The topological polar surface area (TPSA) is 149 Å². The second-order valence-electron chi connectivity index (χ2n) is 7.11. The fourth-order valence-electron chi connectivity index (χ4n) is 3.46. The summed E-state index contributed by atoms with van der Waals surface area (Å²) in [6, 6.07) is 1.55. The number of hydrogen-bond acceptors (Lipinski definition) is 7. The van der Waals surface area contributed by atoms with E-state index in [2.05, 4.69) is 53.3 Å². The van der Waals surface area contributed by atoms with Crippen LogP contribution in [-0.2, 0) is 13.0 Å². The van der Waals surface area contributed by atoms with Crippen LogP contribution >= 0.6 is 15.9 Å². The Morgan fingerprint density at radius 1 is 1.32 bits per heavy atom. The molecular weight excluding hydrogens is 466 g/mol. The first-order valence-electron chi connectivity index (χ1n) is 10.0. The molecule has 0 radical (unpaired) electrons. The highest BCUT2D eigenvalue weighted by molar-refractivity contribution is 9.10. The zero-order valence-electron chi connectivity index (χ0n) is 16.9. The number of imidazole rings is 1. The molecule has 0 spiro atoms. The molecular formula is C19H22BrN9O2. The fourth-order valence-corrected chi connectivity index (χ4v) is 3.83. The molecule has 12 heteroatoms. The first kappa shape index (κ1) is 21.0. The predicted octanol–water partition coefficient (Wildman–Crippen LogP) is 1.67. The van der Waals surface area contributed by atoms with Crippen molar-refractivity contribution in [2.24, 2.45) is 0 Å². The third-order valence-electron chi connectivity index (χ3n) is 5.00. The molecule has 0 bridgehead atoms. The Kier molecular flexibility index (Phi) is 5.98. The highest BCUT2D eigenvalue weighted by Gasteiger charge is 2.19. The molecule has 0 atom stereocenters. The molecule has 4 N–H and O–H groups in total. The van der Waals surface area contributed by atoms with Crippen molar-refractivity contribution in [3.05, 3.63) is 44.9 Å². The summed E-state index contributed by atoms with van der Waals surface area (Å²) in [7, 11) is 0. The highest BCUT2D eigenvalue weighted by Crippen LogP contribution is 2.16. The molecule has 1 amide bonds. The van der Waals surface area contributed by atoms with Crippen LogP contribution in [0.1, 0.15) is 42.4 Å². The zero-order valence-corrected chi connectivity index (χ0v) is 18.5. The van der Waals surface area contributed by atoms with Crippen LogP contribution in [0.2, 0.25) is 0 Å². The summed E-state index contributed by atoms with van der Waals surface area (Å²) in [6.07, 6.45) is 6.31.